The normalized spacial score (nSPS) is 13.3. The van der Waals surface area contributed by atoms with E-state index in [0.717, 1.165) is 23.1 Å². The Balaban J connectivity index is 1.18. The number of nitrogens with one attached hydrogen (secondary N) is 1. The number of halogens is 6. The highest BCUT2D eigenvalue weighted by atomic mass is 19.4. The molecule has 57 heavy (non-hydrogen) atoms. The van der Waals surface area contributed by atoms with Gasteiger partial charge in [0.25, 0.3) is 5.91 Å². The molecule has 0 saturated heterocycles. The number of rotatable bonds is 8. The zero-order chi connectivity index (χ0) is 40.3. The molecule has 1 aliphatic rings. The van der Waals surface area contributed by atoms with Crippen molar-refractivity contribution in [2.24, 2.45) is 0 Å². The van der Waals surface area contributed by atoms with E-state index >= 15 is 26.3 Å². The highest BCUT2D eigenvalue weighted by Crippen LogP contribution is 2.57. The molecule has 0 spiro atoms. The SMILES string of the molecule is C=c1c2ccc(C(c3ccc4c(c3)C(=O)N(c3ccc(Oc5ccccc5)cc3)C4=N)(C(F)(F)F)C(F)(F)F)cc2c(=C)n1-c1ccc(Oc2ccccc2)cc1. The van der Waals surface area contributed by atoms with Crippen LogP contribution >= 0.6 is 0 Å². The standard InChI is InChI=1S/C45H29F6N3O3/c1-27-37-23-13-29(25-39(37)28(2)53(27)31-15-19-35(20-16-31)56-33-9-5-3-6-10-33)43(44(46,47)48,45(49,50)51)30-14-24-38-40(26-30)42(55)54(41(38)52)32-17-21-36(22-18-32)57-34-11-7-4-8-12-34/h3-26,52H,1-2H2. The summed E-state index contributed by atoms with van der Waals surface area (Å²) < 4.78 is 106. The molecule has 2 heterocycles. The lowest BCUT2D eigenvalue weighted by Gasteiger charge is -2.38. The minimum atomic E-state index is -5.94. The molecule has 12 heteroatoms. The van der Waals surface area contributed by atoms with E-state index in [1.165, 1.54) is 34.9 Å². The lowest BCUT2D eigenvalue weighted by atomic mass is 9.72. The number of amides is 1. The van der Waals surface area contributed by atoms with Gasteiger partial charge in [-0.05, 0) is 96.1 Å². The van der Waals surface area contributed by atoms with Crippen molar-refractivity contribution in [2.45, 2.75) is 17.8 Å². The van der Waals surface area contributed by atoms with Crippen molar-refractivity contribution < 1.29 is 40.6 Å². The number of anilines is 1. The van der Waals surface area contributed by atoms with Gasteiger partial charge in [-0.3, -0.25) is 15.1 Å². The second-order valence-corrected chi connectivity index (χ2v) is 13.3. The molecule has 0 fully saturated rings. The van der Waals surface area contributed by atoms with Crippen LogP contribution in [0.4, 0.5) is 32.0 Å². The molecule has 0 radical (unpaired) electrons. The molecule has 6 nitrogen and oxygen atoms in total. The fourth-order valence-electron chi connectivity index (χ4n) is 7.29. The van der Waals surface area contributed by atoms with Gasteiger partial charge >= 0.3 is 12.4 Å². The number of nitrogens with zero attached hydrogens (tertiary/aromatic N) is 2. The topological polar surface area (TPSA) is 67.5 Å². The van der Waals surface area contributed by atoms with Gasteiger partial charge in [-0.15, -0.1) is 0 Å². The van der Waals surface area contributed by atoms with Gasteiger partial charge in [-0.2, -0.15) is 26.3 Å². The number of carbonyl (C=O) groups is 1. The van der Waals surface area contributed by atoms with Gasteiger partial charge in [-0.1, -0.05) is 73.8 Å². The Morgan fingerprint density at radius 2 is 0.965 bits per heavy atom. The molecule has 1 aromatic heterocycles. The molecule has 1 amide bonds. The van der Waals surface area contributed by atoms with E-state index in [1.807, 2.05) is 24.3 Å². The predicted molar refractivity (Wildman–Crippen MR) is 206 cm³/mol. The van der Waals surface area contributed by atoms with Crippen LogP contribution in [-0.4, -0.2) is 28.7 Å². The van der Waals surface area contributed by atoms with Crippen LogP contribution in [-0.2, 0) is 5.41 Å². The zero-order valence-electron chi connectivity index (χ0n) is 29.7. The fourth-order valence-corrected chi connectivity index (χ4v) is 7.29. The Morgan fingerprint density at radius 3 is 1.49 bits per heavy atom. The van der Waals surface area contributed by atoms with Crippen LogP contribution in [0.5, 0.6) is 23.0 Å². The number of carbonyl (C=O) groups excluding carboxylic acids is 1. The highest BCUT2D eigenvalue weighted by molar-refractivity contribution is 6.35. The Hall–Kier alpha value is -7.08. The van der Waals surface area contributed by atoms with E-state index in [0.29, 0.717) is 51.6 Å². The highest BCUT2D eigenvalue weighted by Gasteiger charge is 2.72. The average Bonchev–Trinajstić information content (AvgIpc) is 3.58. The minimum absolute atomic E-state index is 0.0184. The maximum absolute atomic E-state index is 15.4. The second kappa shape index (κ2) is 13.6. The van der Waals surface area contributed by atoms with Gasteiger partial charge in [0.05, 0.1) is 11.3 Å². The summed E-state index contributed by atoms with van der Waals surface area (Å²) in [6, 6.07) is 35.5. The Labute approximate surface area is 321 Å². The lowest BCUT2D eigenvalue weighted by Crippen LogP contribution is -2.54. The van der Waals surface area contributed by atoms with Crippen LogP contribution < -0.4 is 25.1 Å². The number of benzene rings is 6. The average molecular weight is 774 g/mol. The number of fused-ring (bicyclic) bond motifs is 2. The van der Waals surface area contributed by atoms with E-state index in [-0.39, 0.29) is 22.0 Å². The largest absolute Gasteiger partial charge is 0.457 e. The number of ether oxygens (including phenoxy) is 2. The molecule has 8 rings (SSSR count). The van der Waals surface area contributed by atoms with Crippen molar-refractivity contribution in [1.29, 1.82) is 5.41 Å². The number of para-hydroxylation sites is 2. The summed E-state index contributed by atoms with van der Waals surface area (Å²) >= 11 is 0. The summed E-state index contributed by atoms with van der Waals surface area (Å²) in [5.41, 5.74) is -6.88. The van der Waals surface area contributed by atoms with Crippen molar-refractivity contribution in [3.05, 3.63) is 179 Å². The maximum Gasteiger partial charge on any atom is 0.411 e. The van der Waals surface area contributed by atoms with Crippen LogP contribution in [0.25, 0.3) is 29.6 Å². The smallest absolute Gasteiger partial charge is 0.411 e. The molecule has 1 aliphatic heterocycles. The first kappa shape index (κ1) is 36.9. The molecule has 0 bridgehead atoms. The third kappa shape index (κ3) is 6.10. The molecule has 284 valence electrons. The molecular weight excluding hydrogens is 745 g/mol. The van der Waals surface area contributed by atoms with E-state index in [4.69, 9.17) is 14.9 Å². The minimum Gasteiger partial charge on any atom is -0.457 e. The van der Waals surface area contributed by atoms with E-state index in [9.17, 15) is 4.79 Å². The predicted octanol–water partition coefficient (Wildman–Crippen LogP) is 10.4. The third-order valence-corrected chi connectivity index (χ3v) is 9.98. The lowest BCUT2D eigenvalue weighted by molar-refractivity contribution is -0.288. The van der Waals surface area contributed by atoms with E-state index in [2.05, 4.69) is 13.2 Å². The van der Waals surface area contributed by atoms with E-state index in [1.54, 1.807) is 60.7 Å². The van der Waals surface area contributed by atoms with Crippen molar-refractivity contribution in [3.8, 4) is 28.7 Å². The van der Waals surface area contributed by atoms with Crippen molar-refractivity contribution in [2.75, 3.05) is 4.90 Å². The summed E-state index contributed by atoms with van der Waals surface area (Å²) in [6.45, 7) is 8.10. The van der Waals surface area contributed by atoms with Crippen LogP contribution in [0.15, 0.2) is 146 Å². The molecular formula is C45H29F6N3O3. The molecule has 1 N–H and O–H groups in total. The Bertz CT molecular complexity index is 2770. The number of alkyl halides is 6. The monoisotopic (exact) mass is 773 g/mol. The fraction of sp³-hybridized carbons (Fsp3) is 0.0667. The van der Waals surface area contributed by atoms with Gasteiger partial charge in [0.1, 0.15) is 28.8 Å². The maximum atomic E-state index is 15.4. The second-order valence-electron chi connectivity index (χ2n) is 13.3. The first-order valence-corrected chi connectivity index (χ1v) is 17.4. The molecule has 0 unspecified atom stereocenters. The van der Waals surface area contributed by atoms with Gasteiger partial charge in [0, 0.05) is 32.7 Å². The number of amidine groups is 1. The van der Waals surface area contributed by atoms with Gasteiger partial charge in [-0.25, -0.2) is 0 Å². The molecule has 6 aromatic carbocycles. The Morgan fingerprint density at radius 1 is 0.509 bits per heavy atom. The van der Waals surface area contributed by atoms with Crippen LogP contribution in [0.2, 0.25) is 0 Å². The molecule has 0 atom stereocenters. The molecule has 0 aliphatic carbocycles. The van der Waals surface area contributed by atoms with Crippen LogP contribution in [0.1, 0.15) is 27.0 Å². The first-order valence-electron chi connectivity index (χ1n) is 17.4. The third-order valence-electron chi connectivity index (χ3n) is 9.98. The number of hydrogen-bond acceptors (Lipinski definition) is 4. The van der Waals surface area contributed by atoms with Gasteiger partial charge < -0.3 is 14.0 Å². The summed E-state index contributed by atoms with van der Waals surface area (Å²) in [5, 5.41) is 9.42. The van der Waals surface area contributed by atoms with Crippen LogP contribution in [0, 0.1) is 5.41 Å². The summed E-state index contributed by atoms with van der Waals surface area (Å²) in [7, 11) is 0. The van der Waals surface area contributed by atoms with Gasteiger partial charge in [0.2, 0.25) is 5.41 Å². The summed E-state index contributed by atoms with van der Waals surface area (Å²) in [5.74, 6) is 0.677. The molecule has 0 saturated carbocycles. The number of aromatic nitrogens is 1. The quantitative estimate of drug-likeness (QED) is 0.156. The Kier molecular flexibility index (Phi) is 8.79. The summed E-state index contributed by atoms with van der Waals surface area (Å²) in [6.07, 6.45) is -11.9. The number of hydrogen-bond donors (Lipinski definition) is 1. The van der Waals surface area contributed by atoms with Crippen molar-refractivity contribution in [1.82, 2.24) is 4.57 Å². The summed E-state index contributed by atoms with van der Waals surface area (Å²) in [4.78, 5) is 14.7. The molecule has 7 aromatic rings. The first-order chi connectivity index (χ1) is 27.2. The van der Waals surface area contributed by atoms with Gasteiger partial charge in [0.15, 0.2) is 0 Å². The van der Waals surface area contributed by atoms with Crippen molar-refractivity contribution in [3.63, 3.8) is 0 Å². The van der Waals surface area contributed by atoms with Crippen molar-refractivity contribution >= 4 is 41.4 Å². The van der Waals surface area contributed by atoms with Crippen LogP contribution in [0.3, 0.4) is 0 Å². The van der Waals surface area contributed by atoms with E-state index < -0.39 is 46.2 Å². The zero-order valence-corrected chi connectivity index (χ0v) is 29.7.